The molecule has 0 aromatic rings. The Hall–Kier alpha value is 0.290. The zero-order valence-corrected chi connectivity index (χ0v) is 14.9. The maximum Gasteiger partial charge on any atom is 0.147 e. The smallest absolute Gasteiger partial charge is 0.147 e. The summed E-state index contributed by atoms with van der Waals surface area (Å²) < 4.78 is 1.07. The lowest BCUT2D eigenvalue weighted by Gasteiger charge is -2.49. The Balaban J connectivity index is 1.60. The van der Waals surface area contributed by atoms with Gasteiger partial charge >= 0.3 is 0 Å². The van der Waals surface area contributed by atoms with E-state index >= 15 is 0 Å². The highest BCUT2D eigenvalue weighted by Crippen LogP contribution is 2.47. The van der Waals surface area contributed by atoms with E-state index in [-0.39, 0.29) is 0 Å². The van der Waals surface area contributed by atoms with Crippen molar-refractivity contribution in [2.45, 2.75) is 38.1 Å². The summed E-state index contributed by atoms with van der Waals surface area (Å²) in [5.41, 5.74) is 2.19. The summed E-state index contributed by atoms with van der Waals surface area (Å²) in [6.45, 7) is 7.01. The lowest BCUT2D eigenvalue weighted by Crippen LogP contribution is -2.57. The molecule has 3 aliphatic rings. The molecule has 112 valence electrons. The summed E-state index contributed by atoms with van der Waals surface area (Å²) in [4.78, 5) is 5.16. The van der Waals surface area contributed by atoms with Crippen LogP contribution in [0.25, 0.3) is 0 Å². The van der Waals surface area contributed by atoms with Gasteiger partial charge < -0.3 is 4.90 Å². The van der Waals surface area contributed by atoms with Gasteiger partial charge in [-0.25, -0.2) is 0 Å². The summed E-state index contributed by atoms with van der Waals surface area (Å²) in [6.07, 6.45) is 9.98. The van der Waals surface area contributed by atoms with Crippen molar-refractivity contribution in [1.82, 2.24) is 9.80 Å². The minimum Gasteiger partial charge on any atom is -0.354 e. The van der Waals surface area contributed by atoms with Crippen molar-refractivity contribution in [1.29, 1.82) is 0 Å². The van der Waals surface area contributed by atoms with Crippen LogP contribution in [-0.4, -0.2) is 52.1 Å². The highest BCUT2D eigenvalue weighted by molar-refractivity contribution is 8.83. The number of hydrogen-bond donors (Lipinski definition) is 0. The van der Waals surface area contributed by atoms with Crippen LogP contribution < -0.4 is 0 Å². The van der Waals surface area contributed by atoms with Crippen LogP contribution in [0.5, 0.6) is 0 Å². The van der Waals surface area contributed by atoms with Crippen LogP contribution in [0.4, 0.5) is 0 Å². The summed E-state index contributed by atoms with van der Waals surface area (Å²) in [7, 11) is 3.49. The van der Waals surface area contributed by atoms with E-state index in [1.807, 2.05) is 0 Å². The Morgan fingerprint density at radius 3 is 2.80 bits per heavy atom. The zero-order chi connectivity index (χ0) is 14.2. The average Bonchev–Trinajstić information content (AvgIpc) is 2.76. The molecule has 2 unspecified atom stereocenters. The van der Waals surface area contributed by atoms with Crippen LogP contribution >= 0.6 is 33.8 Å². The average molecular weight is 329 g/mol. The molecule has 5 heteroatoms. The summed E-state index contributed by atoms with van der Waals surface area (Å²) in [5.74, 6) is 0.864. The molecule has 2 aliphatic carbocycles. The van der Waals surface area contributed by atoms with Crippen LogP contribution in [-0.2, 0) is 0 Å². The Morgan fingerprint density at radius 1 is 1.35 bits per heavy atom. The number of thiocarbonyl (C=S) groups is 1. The second-order valence-corrected chi connectivity index (χ2v) is 9.50. The molecule has 0 amide bonds. The fourth-order valence-corrected chi connectivity index (χ4v) is 6.21. The van der Waals surface area contributed by atoms with E-state index in [1.54, 1.807) is 27.2 Å². The molecule has 1 aliphatic heterocycles. The Bertz CT molecular complexity index is 415. The van der Waals surface area contributed by atoms with Gasteiger partial charge in [-0.2, -0.15) is 0 Å². The number of rotatable bonds is 2. The van der Waals surface area contributed by atoms with Gasteiger partial charge in [-0.15, -0.1) is 0 Å². The van der Waals surface area contributed by atoms with Gasteiger partial charge in [0.15, 0.2) is 0 Å². The summed E-state index contributed by atoms with van der Waals surface area (Å²) in [6, 6.07) is 0. The molecule has 3 rings (SSSR count). The third-order valence-corrected chi connectivity index (χ3v) is 7.39. The van der Waals surface area contributed by atoms with E-state index < -0.39 is 0 Å². The first-order valence-electron chi connectivity index (χ1n) is 7.55. The lowest BCUT2D eigenvalue weighted by molar-refractivity contribution is 0.0332. The third-order valence-electron chi connectivity index (χ3n) is 5.03. The van der Waals surface area contributed by atoms with Crippen LogP contribution in [0.15, 0.2) is 11.6 Å². The van der Waals surface area contributed by atoms with Crippen molar-refractivity contribution in [3.8, 4) is 0 Å². The molecule has 2 atom stereocenters. The fraction of sp³-hybridized carbons (Fsp3) is 0.800. The predicted octanol–water partition coefficient (Wildman–Crippen LogP) is 3.79. The van der Waals surface area contributed by atoms with Crippen LogP contribution in [0.2, 0.25) is 0 Å². The van der Waals surface area contributed by atoms with Gasteiger partial charge in [-0.1, -0.05) is 41.6 Å². The largest absolute Gasteiger partial charge is 0.354 e. The van der Waals surface area contributed by atoms with Crippen molar-refractivity contribution in [2.75, 3.05) is 32.4 Å². The van der Waals surface area contributed by atoms with Gasteiger partial charge in [-0.3, -0.25) is 4.90 Å². The highest BCUT2D eigenvalue weighted by Gasteiger charge is 2.45. The Kier molecular flexibility index (Phi) is 4.70. The highest BCUT2D eigenvalue weighted by atomic mass is 33.1. The molecule has 2 bridgehead atoms. The minimum atomic E-state index is 0.466. The van der Waals surface area contributed by atoms with Crippen molar-refractivity contribution in [3.63, 3.8) is 0 Å². The molecule has 2 nitrogen and oxygen atoms in total. The SMILES string of the molecule is CSSC(=S)N1CCN(C23CC=C(CC(C)C2)C3)CC1. The van der Waals surface area contributed by atoms with E-state index in [0.717, 1.165) is 23.3 Å². The second kappa shape index (κ2) is 6.19. The van der Waals surface area contributed by atoms with Gasteiger partial charge in [0, 0.05) is 31.7 Å². The van der Waals surface area contributed by atoms with Gasteiger partial charge in [0.1, 0.15) is 4.32 Å². The van der Waals surface area contributed by atoms with Crippen molar-refractivity contribution in [3.05, 3.63) is 11.6 Å². The Labute approximate surface area is 136 Å². The Morgan fingerprint density at radius 2 is 2.10 bits per heavy atom. The molecular formula is C15H24N2S3. The quantitative estimate of drug-likeness (QED) is 0.431. The molecule has 0 N–H and O–H groups in total. The van der Waals surface area contributed by atoms with E-state index in [2.05, 4.69) is 29.1 Å². The van der Waals surface area contributed by atoms with E-state index in [4.69, 9.17) is 12.2 Å². The normalized spacial score (nSPS) is 34.2. The number of hydrogen-bond acceptors (Lipinski definition) is 4. The van der Waals surface area contributed by atoms with Crippen molar-refractivity contribution >= 4 is 38.1 Å². The maximum atomic E-state index is 5.49. The fourth-order valence-electron chi connectivity index (χ4n) is 4.24. The molecule has 2 fully saturated rings. The third kappa shape index (κ3) is 2.92. The monoisotopic (exact) mass is 328 g/mol. The molecule has 1 heterocycles. The molecular weight excluding hydrogens is 304 g/mol. The van der Waals surface area contributed by atoms with Gasteiger partial charge in [-0.05, 0) is 48.7 Å². The van der Waals surface area contributed by atoms with Gasteiger partial charge in [0.2, 0.25) is 0 Å². The molecule has 0 spiro atoms. The predicted molar refractivity (Wildman–Crippen MR) is 95.3 cm³/mol. The lowest BCUT2D eigenvalue weighted by atomic mass is 9.76. The molecule has 0 aromatic heterocycles. The van der Waals surface area contributed by atoms with Crippen LogP contribution in [0, 0.1) is 5.92 Å². The maximum absolute atomic E-state index is 5.49. The number of nitrogens with zero attached hydrogens (tertiary/aromatic N) is 2. The van der Waals surface area contributed by atoms with E-state index in [9.17, 15) is 0 Å². The van der Waals surface area contributed by atoms with Crippen LogP contribution in [0.1, 0.15) is 32.6 Å². The van der Waals surface area contributed by atoms with Crippen molar-refractivity contribution < 1.29 is 0 Å². The first kappa shape index (κ1) is 15.2. The van der Waals surface area contributed by atoms with Gasteiger partial charge in [0.05, 0.1) is 0 Å². The van der Waals surface area contributed by atoms with Crippen molar-refractivity contribution in [2.24, 2.45) is 5.92 Å². The standard InChI is InChI=1S/C15H24N2S3/c1-12-9-13-3-4-15(10-12,11-13)17-7-5-16(6-8-17)14(18)20-19-2/h3,12H,4-11H2,1-2H3. The molecule has 1 saturated heterocycles. The molecule has 0 radical (unpaired) electrons. The summed E-state index contributed by atoms with van der Waals surface area (Å²) in [5, 5.41) is 0. The molecule has 0 aromatic carbocycles. The molecule has 1 saturated carbocycles. The second-order valence-electron chi connectivity index (χ2n) is 6.47. The molecule has 20 heavy (non-hydrogen) atoms. The number of fused-ring (bicyclic) bond motifs is 2. The summed E-state index contributed by atoms with van der Waals surface area (Å²) >= 11 is 5.49. The minimum absolute atomic E-state index is 0.466. The van der Waals surface area contributed by atoms with Gasteiger partial charge in [0.25, 0.3) is 0 Å². The van der Waals surface area contributed by atoms with E-state index in [0.29, 0.717) is 5.54 Å². The van der Waals surface area contributed by atoms with Crippen LogP contribution in [0.3, 0.4) is 0 Å². The zero-order valence-electron chi connectivity index (χ0n) is 12.4. The first-order valence-corrected chi connectivity index (χ1v) is 10.5. The first-order chi connectivity index (χ1) is 9.63. The topological polar surface area (TPSA) is 6.48 Å². The number of piperazine rings is 1. The van der Waals surface area contributed by atoms with E-state index in [1.165, 1.54) is 38.8 Å².